The standard InChI is InChI=1S/C16H17N3O/c20-16(19-14-7-8-14)13-6-9-15(18-11-13)17-10-12-4-2-1-3-5-12/h1-6,9,11,14H,7-8,10H2,(H,17,18)(H,19,20). The number of aromatic nitrogens is 1. The van der Waals surface area contributed by atoms with E-state index in [9.17, 15) is 4.79 Å². The molecule has 1 aromatic carbocycles. The van der Waals surface area contributed by atoms with Crippen molar-refractivity contribution in [1.82, 2.24) is 10.3 Å². The quantitative estimate of drug-likeness (QED) is 0.875. The van der Waals surface area contributed by atoms with Crippen molar-refractivity contribution in [2.24, 2.45) is 0 Å². The summed E-state index contributed by atoms with van der Waals surface area (Å²) in [5.41, 5.74) is 1.81. The molecule has 1 heterocycles. The van der Waals surface area contributed by atoms with Gasteiger partial charge in [-0.3, -0.25) is 4.79 Å². The van der Waals surface area contributed by atoms with Crippen LogP contribution >= 0.6 is 0 Å². The summed E-state index contributed by atoms with van der Waals surface area (Å²) in [6.45, 7) is 0.724. The minimum Gasteiger partial charge on any atom is -0.366 e. The normalized spacial score (nSPS) is 13.8. The molecule has 0 saturated heterocycles. The monoisotopic (exact) mass is 267 g/mol. The maximum atomic E-state index is 11.8. The summed E-state index contributed by atoms with van der Waals surface area (Å²) >= 11 is 0. The van der Waals surface area contributed by atoms with Crippen LogP contribution in [0.4, 0.5) is 5.82 Å². The van der Waals surface area contributed by atoms with Crippen molar-refractivity contribution in [2.45, 2.75) is 25.4 Å². The van der Waals surface area contributed by atoms with E-state index >= 15 is 0 Å². The first-order valence-electron chi connectivity index (χ1n) is 6.86. The molecule has 0 radical (unpaired) electrons. The van der Waals surface area contributed by atoms with Gasteiger partial charge in [-0.1, -0.05) is 30.3 Å². The van der Waals surface area contributed by atoms with E-state index < -0.39 is 0 Å². The second kappa shape index (κ2) is 5.74. The van der Waals surface area contributed by atoms with E-state index in [4.69, 9.17) is 0 Å². The van der Waals surface area contributed by atoms with Crippen LogP contribution in [0.1, 0.15) is 28.8 Å². The molecule has 1 aliphatic rings. The Morgan fingerprint density at radius 1 is 1.15 bits per heavy atom. The van der Waals surface area contributed by atoms with Gasteiger partial charge >= 0.3 is 0 Å². The first-order valence-corrected chi connectivity index (χ1v) is 6.86. The van der Waals surface area contributed by atoms with Gasteiger partial charge in [0.15, 0.2) is 0 Å². The maximum Gasteiger partial charge on any atom is 0.253 e. The minimum atomic E-state index is -0.0328. The van der Waals surface area contributed by atoms with Crippen LogP contribution in [-0.4, -0.2) is 16.9 Å². The first-order chi connectivity index (χ1) is 9.81. The van der Waals surface area contributed by atoms with Crippen molar-refractivity contribution < 1.29 is 4.79 Å². The molecule has 2 N–H and O–H groups in total. The smallest absolute Gasteiger partial charge is 0.253 e. The molecule has 4 heteroatoms. The molecule has 0 bridgehead atoms. The minimum absolute atomic E-state index is 0.0328. The van der Waals surface area contributed by atoms with Crippen LogP contribution in [-0.2, 0) is 6.54 Å². The van der Waals surface area contributed by atoms with E-state index in [1.807, 2.05) is 24.3 Å². The molecular formula is C16H17N3O. The highest BCUT2D eigenvalue weighted by Gasteiger charge is 2.23. The van der Waals surface area contributed by atoms with Crippen molar-refractivity contribution in [2.75, 3.05) is 5.32 Å². The molecule has 1 saturated carbocycles. The van der Waals surface area contributed by atoms with Crippen molar-refractivity contribution in [3.05, 3.63) is 59.8 Å². The van der Waals surface area contributed by atoms with Crippen LogP contribution in [0.25, 0.3) is 0 Å². The van der Waals surface area contributed by atoms with Crippen molar-refractivity contribution in [3.8, 4) is 0 Å². The van der Waals surface area contributed by atoms with Gasteiger partial charge in [-0.2, -0.15) is 0 Å². The average Bonchev–Trinajstić information content (AvgIpc) is 3.31. The fourth-order valence-corrected chi connectivity index (χ4v) is 1.92. The largest absolute Gasteiger partial charge is 0.366 e. The number of nitrogens with zero attached hydrogens (tertiary/aromatic N) is 1. The van der Waals surface area contributed by atoms with Crippen LogP contribution < -0.4 is 10.6 Å². The molecule has 0 unspecified atom stereocenters. The lowest BCUT2D eigenvalue weighted by Crippen LogP contribution is -2.25. The van der Waals surface area contributed by atoms with Crippen molar-refractivity contribution in [1.29, 1.82) is 0 Å². The highest BCUT2D eigenvalue weighted by Crippen LogP contribution is 2.19. The van der Waals surface area contributed by atoms with Crippen LogP contribution in [0.2, 0.25) is 0 Å². The number of nitrogens with one attached hydrogen (secondary N) is 2. The molecule has 1 aromatic heterocycles. The number of benzene rings is 1. The summed E-state index contributed by atoms with van der Waals surface area (Å²) in [6, 6.07) is 14.1. The van der Waals surface area contributed by atoms with E-state index in [1.165, 1.54) is 5.56 Å². The topological polar surface area (TPSA) is 54.0 Å². The second-order valence-corrected chi connectivity index (χ2v) is 5.02. The lowest BCUT2D eigenvalue weighted by atomic mass is 10.2. The molecule has 0 aliphatic heterocycles. The number of amides is 1. The zero-order valence-electron chi connectivity index (χ0n) is 11.2. The Morgan fingerprint density at radius 3 is 2.60 bits per heavy atom. The lowest BCUT2D eigenvalue weighted by Gasteiger charge is -2.07. The van der Waals surface area contributed by atoms with Gasteiger partial charge in [-0.25, -0.2) is 4.98 Å². The summed E-state index contributed by atoms with van der Waals surface area (Å²) in [7, 11) is 0. The number of pyridine rings is 1. The molecule has 102 valence electrons. The predicted octanol–water partition coefficient (Wildman–Crippen LogP) is 2.59. The lowest BCUT2D eigenvalue weighted by molar-refractivity contribution is 0.0951. The van der Waals surface area contributed by atoms with Gasteiger partial charge in [-0.15, -0.1) is 0 Å². The summed E-state index contributed by atoms with van der Waals surface area (Å²) < 4.78 is 0. The Hall–Kier alpha value is -2.36. The number of hydrogen-bond acceptors (Lipinski definition) is 3. The van der Waals surface area contributed by atoms with Gasteiger partial charge in [-0.05, 0) is 30.5 Å². The summed E-state index contributed by atoms with van der Waals surface area (Å²) in [5.74, 6) is 0.742. The van der Waals surface area contributed by atoms with Crippen LogP contribution in [0.5, 0.6) is 0 Å². The Kier molecular flexibility index (Phi) is 3.63. The SMILES string of the molecule is O=C(NC1CC1)c1ccc(NCc2ccccc2)nc1. The molecule has 0 spiro atoms. The molecule has 0 atom stereocenters. The molecule has 1 amide bonds. The highest BCUT2D eigenvalue weighted by atomic mass is 16.1. The predicted molar refractivity (Wildman–Crippen MR) is 78.5 cm³/mol. The molecular weight excluding hydrogens is 250 g/mol. The Bertz CT molecular complexity index is 576. The van der Waals surface area contributed by atoms with Gasteiger partial charge in [0.25, 0.3) is 5.91 Å². The van der Waals surface area contributed by atoms with Gasteiger partial charge < -0.3 is 10.6 Å². The highest BCUT2D eigenvalue weighted by molar-refractivity contribution is 5.94. The maximum absolute atomic E-state index is 11.8. The third-order valence-electron chi connectivity index (χ3n) is 3.25. The molecule has 2 aromatic rings. The van der Waals surface area contributed by atoms with Crippen molar-refractivity contribution in [3.63, 3.8) is 0 Å². The number of rotatable bonds is 5. The van der Waals surface area contributed by atoms with Crippen LogP contribution in [0.15, 0.2) is 48.7 Å². The van der Waals surface area contributed by atoms with Gasteiger partial charge in [0.2, 0.25) is 0 Å². The average molecular weight is 267 g/mol. The summed E-state index contributed by atoms with van der Waals surface area (Å²) in [4.78, 5) is 16.1. The zero-order valence-corrected chi connectivity index (χ0v) is 11.2. The van der Waals surface area contributed by atoms with E-state index in [-0.39, 0.29) is 5.91 Å². The van der Waals surface area contributed by atoms with E-state index in [2.05, 4.69) is 27.8 Å². The van der Waals surface area contributed by atoms with Gasteiger partial charge in [0, 0.05) is 18.8 Å². The number of carbonyl (C=O) groups excluding carboxylic acids is 1. The molecule has 1 fully saturated rings. The summed E-state index contributed by atoms with van der Waals surface area (Å²) in [5, 5.41) is 6.19. The second-order valence-electron chi connectivity index (χ2n) is 5.02. The van der Waals surface area contributed by atoms with Gasteiger partial charge in [0.1, 0.15) is 5.82 Å². The molecule has 1 aliphatic carbocycles. The third-order valence-corrected chi connectivity index (χ3v) is 3.25. The first kappa shape index (κ1) is 12.7. The number of anilines is 1. The molecule has 20 heavy (non-hydrogen) atoms. The Morgan fingerprint density at radius 2 is 1.95 bits per heavy atom. The van der Waals surface area contributed by atoms with E-state index in [1.54, 1.807) is 12.3 Å². The Labute approximate surface area is 118 Å². The van der Waals surface area contributed by atoms with E-state index in [0.29, 0.717) is 11.6 Å². The van der Waals surface area contributed by atoms with Crippen molar-refractivity contribution >= 4 is 11.7 Å². The number of hydrogen-bond donors (Lipinski definition) is 2. The van der Waals surface area contributed by atoms with Crippen LogP contribution in [0.3, 0.4) is 0 Å². The Balaban J connectivity index is 1.56. The zero-order chi connectivity index (χ0) is 13.8. The van der Waals surface area contributed by atoms with Gasteiger partial charge in [0.05, 0.1) is 5.56 Å². The van der Waals surface area contributed by atoms with Crippen LogP contribution in [0, 0.1) is 0 Å². The fraction of sp³-hybridized carbons (Fsp3) is 0.250. The fourth-order valence-electron chi connectivity index (χ4n) is 1.92. The third kappa shape index (κ3) is 3.35. The molecule has 3 rings (SSSR count). The summed E-state index contributed by atoms with van der Waals surface area (Å²) in [6.07, 6.45) is 3.80. The number of carbonyl (C=O) groups is 1. The molecule has 4 nitrogen and oxygen atoms in total. The van der Waals surface area contributed by atoms with E-state index in [0.717, 1.165) is 25.2 Å².